The molecule has 10 unspecified atom stereocenters. The van der Waals surface area contributed by atoms with Crippen LogP contribution in [0.4, 0.5) is 0 Å². The molecule has 4 spiro atoms. The smallest absolute Gasteiger partial charge is 0.00823 e. The third kappa shape index (κ3) is 0.206. The van der Waals surface area contributed by atoms with E-state index >= 15 is 0 Å². The Labute approximate surface area is 89.8 Å². The van der Waals surface area contributed by atoms with Crippen LogP contribution in [0.1, 0.15) is 32.1 Å². The van der Waals surface area contributed by atoms with Gasteiger partial charge in [-0.1, -0.05) is 0 Å². The molecule has 15 heavy (non-hydrogen) atoms. The second-order valence-corrected chi connectivity index (χ2v) is 8.76. The maximum absolute atomic E-state index is 1.74. The molecule has 10 fully saturated rings. The third-order valence-electron chi connectivity index (χ3n) is 10.3. The molecule has 7 bridgehead atoms. The molecule has 0 nitrogen and oxygen atoms in total. The highest BCUT2D eigenvalue weighted by Gasteiger charge is 3.13. The van der Waals surface area contributed by atoms with Crippen molar-refractivity contribution in [3.63, 3.8) is 0 Å². The van der Waals surface area contributed by atoms with E-state index in [1.54, 1.807) is 32.1 Å². The van der Waals surface area contributed by atoms with Gasteiger partial charge in [-0.25, -0.2) is 0 Å². The number of rotatable bonds is 0. The van der Waals surface area contributed by atoms with Gasteiger partial charge in [-0.05, 0) is 89.3 Å². The van der Waals surface area contributed by atoms with Gasteiger partial charge in [0.15, 0.2) is 0 Å². The Bertz CT molecular complexity index is 507. The Balaban J connectivity index is 1.71. The van der Waals surface area contributed by atoms with Gasteiger partial charge >= 0.3 is 0 Å². The lowest BCUT2D eigenvalue weighted by molar-refractivity contribution is -0.452. The normalized spacial score (nSPS) is 102. The van der Waals surface area contributed by atoms with Crippen molar-refractivity contribution in [2.45, 2.75) is 32.1 Å². The molecule has 10 saturated carbocycles. The predicted molar refractivity (Wildman–Crippen MR) is 53.8 cm³/mol. The van der Waals surface area contributed by atoms with Crippen LogP contribution in [-0.4, -0.2) is 0 Å². The lowest BCUT2D eigenvalue weighted by Crippen LogP contribution is -2.87. The molecule has 0 aromatic carbocycles. The summed E-state index contributed by atoms with van der Waals surface area (Å²) in [5.74, 6) is 7.74. The maximum Gasteiger partial charge on any atom is -0.00823 e. The summed E-state index contributed by atoms with van der Waals surface area (Å²) in [4.78, 5) is 0. The molecule has 0 heterocycles. The second kappa shape index (κ2) is 1.07. The van der Waals surface area contributed by atoms with Crippen LogP contribution in [0, 0.1) is 57.2 Å². The summed E-state index contributed by atoms with van der Waals surface area (Å²) in [6, 6.07) is 0. The summed E-state index contributed by atoms with van der Waals surface area (Å²) in [6.07, 6.45) is 8.61. The highest BCUT2D eigenvalue weighted by atomic mass is 15.2. The molecule has 10 aliphatic rings. The minimum atomic E-state index is 1.00. The molecule has 0 N–H and O–H groups in total. The molecule has 10 aliphatic carbocycles. The van der Waals surface area contributed by atoms with E-state index in [4.69, 9.17) is 0 Å². The van der Waals surface area contributed by atoms with Crippen molar-refractivity contribution >= 4 is 0 Å². The Hall–Kier alpha value is 0. The molecule has 0 radical (unpaired) electrons. The first-order valence-electron chi connectivity index (χ1n) is 7.35. The van der Waals surface area contributed by atoms with Crippen molar-refractivity contribution in [1.29, 1.82) is 0 Å². The summed E-state index contributed by atoms with van der Waals surface area (Å²) in [5.41, 5.74) is 4.15. The van der Waals surface area contributed by atoms with Crippen LogP contribution in [0.15, 0.2) is 0 Å². The summed E-state index contributed by atoms with van der Waals surface area (Å²) in [6.45, 7) is 0. The predicted octanol–water partition coefficient (Wildman–Crippen LogP) is 2.69. The summed E-state index contributed by atoms with van der Waals surface area (Å²) in [5, 5.41) is 0. The average molecular weight is 196 g/mol. The minimum absolute atomic E-state index is 1.00. The van der Waals surface area contributed by atoms with Crippen LogP contribution < -0.4 is 0 Å². The Morgan fingerprint density at radius 1 is 0.733 bits per heavy atom. The first-order valence-corrected chi connectivity index (χ1v) is 7.35. The maximum atomic E-state index is 1.74. The average Bonchev–Trinajstić information content (AvgIpc) is 2.84. The van der Waals surface area contributed by atoms with Crippen LogP contribution in [0.3, 0.4) is 0 Å². The number of hydrogen-bond donors (Lipinski definition) is 0. The summed E-state index contributed by atoms with van der Waals surface area (Å²) < 4.78 is 0. The lowest BCUT2D eigenvalue weighted by Gasteiger charge is -2.92. The largest absolute Gasteiger partial charge is 0.0459 e. The van der Waals surface area contributed by atoms with E-state index in [1.807, 2.05) is 0 Å². The molecule has 0 aromatic rings. The van der Waals surface area contributed by atoms with Crippen molar-refractivity contribution in [2.24, 2.45) is 57.2 Å². The Kier molecular flexibility index (Phi) is 0.434. The van der Waals surface area contributed by atoms with E-state index < -0.39 is 0 Å². The molecule has 10 atom stereocenters. The van der Waals surface area contributed by atoms with Crippen LogP contribution >= 0.6 is 0 Å². The molecule has 0 aliphatic heterocycles. The molecule has 0 heteroatoms. The minimum Gasteiger partial charge on any atom is -0.0459 e. The van der Waals surface area contributed by atoms with E-state index in [9.17, 15) is 0 Å². The van der Waals surface area contributed by atoms with Gasteiger partial charge in [0.2, 0.25) is 0 Å². The van der Waals surface area contributed by atoms with Crippen LogP contribution in [0.2, 0.25) is 0 Å². The van der Waals surface area contributed by atoms with Crippen molar-refractivity contribution in [3.05, 3.63) is 0 Å². The van der Waals surface area contributed by atoms with Crippen LogP contribution in [0.25, 0.3) is 0 Å². The van der Waals surface area contributed by atoms with Gasteiger partial charge in [-0.2, -0.15) is 0 Å². The molecular weight excluding hydrogens is 180 g/mol. The summed E-state index contributed by atoms with van der Waals surface area (Å²) >= 11 is 0. The zero-order valence-electron chi connectivity index (χ0n) is 9.00. The van der Waals surface area contributed by atoms with Gasteiger partial charge in [-0.3, -0.25) is 0 Å². The molecule has 76 valence electrons. The van der Waals surface area contributed by atoms with Crippen molar-refractivity contribution in [2.75, 3.05) is 0 Å². The highest BCUT2D eigenvalue weighted by Crippen LogP contribution is 3.18. The van der Waals surface area contributed by atoms with E-state index in [2.05, 4.69) is 0 Å². The molecule has 0 amide bonds. The van der Waals surface area contributed by atoms with Gasteiger partial charge < -0.3 is 0 Å². The number of hydrogen-bond acceptors (Lipinski definition) is 0. The van der Waals surface area contributed by atoms with E-state index in [-0.39, 0.29) is 0 Å². The van der Waals surface area contributed by atoms with E-state index in [1.165, 1.54) is 35.5 Å². The Morgan fingerprint density at radius 3 is 2.40 bits per heavy atom. The molecular formula is C15H16. The SMILES string of the molecule is C1C2C3CC4C5CC67CC8C1C34C56C82C7. The van der Waals surface area contributed by atoms with E-state index in [0.29, 0.717) is 0 Å². The fourth-order valence-electron chi connectivity index (χ4n) is 11.6. The summed E-state index contributed by atoms with van der Waals surface area (Å²) in [7, 11) is 0. The lowest BCUT2D eigenvalue weighted by atomic mass is 9.12. The van der Waals surface area contributed by atoms with E-state index in [0.717, 1.165) is 21.7 Å². The number of fused-ring (bicyclic) bond motifs is 1. The fourth-order valence-corrected chi connectivity index (χ4v) is 11.6. The standard InChI is InChI=1S/C15H16/c1-6-7-2-9-11-4-12-3-10-8(1)14(7,9)15(11,12)13(6,10)5-12/h6-11H,1-5H2. The first kappa shape index (κ1) is 6.07. The van der Waals surface area contributed by atoms with Crippen LogP contribution in [-0.2, 0) is 0 Å². The van der Waals surface area contributed by atoms with Crippen molar-refractivity contribution < 1.29 is 0 Å². The van der Waals surface area contributed by atoms with Crippen molar-refractivity contribution in [1.82, 2.24) is 0 Å². The van der Waals surface area contributed by atoms with Gasteiger partial charge in [0.05, 0.1) is 0 Å². The van der Waals surface area contributed by atoms with Gasteiger partial charge in [0.1, 0.15) is 0 Å². The second-order valence-electron chi connectivity index (χ2n) is 8.76. The van der Waals surface area contributed by atoms with Gasteiger partial charge in [0.25, 0.3) is 0 Å². The molecule has 0 aromatic heterocycles. The zero-order valence-corrected chi connectivity index (χ0v) is 9.00. The van der Waals surface area contributed by atoms with Gasteiger partial charge in [-0.15, -0.1) is 0 Å². The zero-order chi connectivity index (χ0) is 9.00. The Morgan fingerprint density at radius 2 is 1.47 bits per heavy atom. The topological polar surface area (TPSA) is 0 Å². The third-order valence-corrected chi connectivity index (χ3v) is 10.3. The monoisotopic (exact) mass is 196 g/mol. The van der Waals surface area contributed by atoms with Gasteiger partial charge in [0, 0.05) is 0 Å². The highest BCUT2D eigenvalue weighted by molar-refractivity contribution is 5.60. The van der Waals surface area contributed by atoms with Crippen LogP contribution in [0.5, 0.6) is 0 Å². The molecule has 0 saturated heterocycles. The first-order chi connectivity index (χ1) is 7.35. The van der Waals surface area contributed by atoms with Crippen molar-refractivity contribution in [3.8, 4) is 0 Å². The molecule has 10 rings (SSSR count). The fraction of sp³-hybridized carbons (Fsp3) is 1.00. The quantitative estimate of drug-likeness (QED) is 0.559.